The van der Waals surface area contributed by atoms with Crippen molar-refractivity contribution in [2.75, 3.05) is 5.32 Å². The lowest BCUT2D eigenvalue weighted by Crippen LogP contribution is -2.25. The zero-order valence-corrected chi connectivity index (χ0v) is 10.2. The van der Waals surface area contributed by atoms with Gasteiger partial charge in [-0.25, -0.2) is 0 Å². The Morgan fingerprint density at radius 1 is 1.35 bits per heavy atom. The quantitative estimate of drug-likeness (QED) is 0.790. The average Bonchev–Trinajstić information content (AvgIpc) is 2.71. The smallest absolute Gasteiger partial charge is 0.227 e. The second kappa shape index (κ2) is 5.17. The van der Waals surface area contributed by atoms with Crippen molar-refractivity contribution in [3.05, 3.63) is 43.0 Å². The monoisotopic (exact) mass is 229 g/mol. The van der Waals surface area contributed by atoms with Crippen LogP contribution in [0.5, 0.6) is 0 Å². The summed E-state index contributed by atoms with van der Waals surface area (Å²) in [5.74, 6) is 1.16. The molecule has 1 fully saturated rings. The molecule has 1 saturated carbocycles. The fraction of sp³-hybridized carbons (Fsp3) is 0.400. The van der Waals surface area contributed by atoms with E-state index in [0.717, 1.165) is 18.5 Å². The topological polar surface area (TPSA) is 29.1 Å². The van der Waals surface area contributed by atoms with Gasteiger partial charge in [0.2, 0.25) is 5.91 Å². The minimum Gasteiger partial charge on any atom is -0.326 e. The molecule has 1 aliphatic rings. The molecule has 90 valence electrons. The highest BCUT2D eigenvalue weighted by molar-refractivity contribution is 5.92. The molecular formula is C15H19NO. The van der Waals surface area contributed by atoms with Crippen LogP contribution >= 0.6 is 0 Å². The van der Waals surface area contributed by atoms with Gasteiger partial charge in [0.1, 0.15) is 0 Å². The largest absolute Gasteiger partial charge is 0.326 e. The molecule has 0 bridgehead atoms. The van der Waals surface area contributed by atoms with Gasteiger partial charge in [-0.3, -0.25) is 4.79 Å². The molecule has 1 amide bonds. The third kappa shape index (κ3) is 2.57. The average molecular weight is 229 g/mol. The van der Waals surface area contributed by atoms with Crippen LogP contribution in [0.25, 0.3) is 0 Å². The maximum Gasteiger partial charge on any atom is 0.227 e. The van der Waals surface area contributed by atoms with Crippen molar-refractivity contribution in [1.82, 2.24) is 0 Å². The van der Waals surface area contributed by atoms with Crippen molar-refractivity contribution in [3.8, 4) is 0 Å². The van der Waals surface area contributed by atoms with Crippen LogP contribution in [-0.2, 0) is 4.79 Å². The predicted octanol–water partition coefficient (Wildman–Crippen LogP) is 3.47. The number of carbonyl (C=O) groups is 1. The minimum absolute atomic E-state index is 0.123. The first-order valence-electron chi connectivity index (χ1n) is 6.21. The Kier molecular flexibility index (Phi) is 3.62. The van der Waals surface area contributed by atoms with Gasteiger partial charge in [0.15, 0.2) is 0 Å². The molecule has 1 aliphatic carbocycles. The lowest BCUT2D eigenvalue weighted by Gasteiger charge is -2.18. The molecule has 0 spiro atoms. The van der Waals surface area contributed by atoms with Crippen LogP contribution in [0.1, 0.15) is 19.8 Å². The van der Waals surface area contributed by atoms with Crippen molar-refractivity contribution < 1.29 is 4.79 Å². The summed E-state index contributed by atoms with van der Waals surface area (Å²) in [7, 11) is 0. The molecule has 0 heterocycles. The van der Waals surface area contributed by atoms with E-state index in [-0.39, 0.29) is 11.8 Å². The van der Waals surface area contributed by atoms with E-state index in [1.807, 2.05) is 36.4 Å². The normalized spacial score (nSPS) is 27.7. The second-order valence-corrected chi connectivity index (χ2v) is 4.80. The summed E-state index contributed by atoms with van der Waals surface area (Å²) in [5, 5.41) is 2.99. The van der Waals surface area contributed by atoms with Gasteiger partial charge in [-0.15, -0.1) is 6.58 Å². The Hall–Kier alpha value is -1.57. The number of benzene rings is 1. The maximum atomic E-state index is 12.1. The predicted molar refractivity (Wildman–Crippen MR) is 70.6 cm³/mol. The highest BCUT2D eigenvalue weighted by Gasteiger charge is 2.35. The van der Waals surface area contributed by atoms with Crippen LogP contribution in [0.4, 0.5) is 5.69 Å². The number of amides is 1. The zero-order chi connectivity index (χ0) is 12.3. The fourth-order valence-corrected chi connectivity index (χ4v) is 2.65. The van der Waals surface area contributed by atoms with E-state index < -0.39 is 0 Å². The highest BCUT2D eigenvalue weighted by Crippen LogP contribution is 2.37. The van der Waals surface area contributed by atoms with Crippen molar-refractivity contribution >= 4 is 11.6 Å². The molecule has 0 aromatic heterocycles. The lowest BCUT2D eigenvalue weighted by molar-refractivity contribution is -0.120. The van der Waals surface area contributed by atoms with Crippen molar-refractivity contribution in [3.63, 3.8) is 0 Å². The summed E-state index contributed by atoms with van der Waals surface area (Å²) in [6.45, 7) is 5.99. The molecule has 0 saturated heterocycles. The Labute approximate surface area is 103 Å². The van der Waals surface area contributed by atoms with Crippen molar-refractivity contribution in [1.29, 1.82) is 0 Å². The van der Waals surface area contributed by atoms with Gasteiger partial charge in [0, 0.05) is 11.6 Å². The molecule has 3 unspecified atom stereocenters. The Morgan fingerprint density at radius 2 is 2.06 bits per heavy atom. The molecule has 1 aromatic rings. The molecular weight excluding hydrogens is 210 g/mol. The summed E-state index contributed by atoms with van der Waals surface area (Å²) in [5.41, 5.74) is 0.881. The van der Waals surface area contributed by atoms with Crippen LogP contribution < -0.4 is 5.32 Å². The zero-order valence-electron chi connectivity index (χ0n) is 10.2. The van der Waals surface area contributed by atoms with E-state index in [9.17, 15) is 4.79 Å². The van der Waals surface area contributed by atoms with Crippen LogP contribution in [0.3, 0.4) is 0 Å². The Bertz CT molecular complexity index is 399. The van der Waals surface area contributed by atoms with Gasteiger partial charge in [-0.1, -0.05) is 31.2 Å². The molecule has 1 aromatic carbocycles. The molecule has 17 heavy (non-hydrogen) atoms. The Morgan fingerprint density at radius 3 is 2.65 bits per heavy atom. The van der Waals surface area contributed by atoms with E-state index >= 15 is 0 Å². The van der Waals surface area contributed by atoms with Gasteiger partial charge < -0.3 is 5.32 Å². The molecule has 2 nitrogen and oxygen atoms in total. The molecule has 1 N–H and O–H groups in total. The third-order valence-electron chi connectivity index (χ3n) is 3.80. The van der Waals surface area contributed by atoms with E-state index in [0.29, 0.717) is 11.8 Å². The number of rotatable bonds is 3. The first-order valence-corrected chi connectivity index (χ1v) is 6.21. The number of carbonyl (C=O) groups excluding carboxylic acids is 1. The van der Waals surface area contributed by atoms with Crippen molar-refractivity contribution in [2.24, 2.45) is 17.8 Å². The van der Waals surface area contributed by atoms with E-state index in [2.05, 4.69) is 18.8 Å². The third-order valence-corrected chi connectivity index (χ3v) is 3.80. The van der Waals surface area contributed by atoms with E-state index in [1.165, 1.54) is 0 Å². The number of nitrogens with one attached hydrogen (secondary N) is 1. The number of hydrogen-bond donors (Lipinski definition) is 1. The summed E-state index contributed by atoms with van der Waals surface area (Å²) in [4.78, 5) is 12.1. The number of hydrogen-bond acceptors (Lipinski definition) is 1. The van der Waals surface area contributed by atoms with Gasteiger partial charge >= 0.3 is 0 Å². The van der Waals surface area contributed by atoms with Gasteiger partial charge in [-0.2, -0.15) is 0 Å². The lowest BCUT2D eigenvalue weighted by atomic mass is 9.91. The molecule has 2 rings (SSSR count). The number of anilines is 1. The van der Waals surface area contributed by atoms with E-state index in [4.69, 9.17) is 0 Å². The second-order valence-electron chi connectivity index (χ2n) is 4.80. The van der Waals surface area contributed by atoms with Gasteiger partial charge in [0.25, 0.3) is 0 Å². The molecule has 0 radical (unpaired) electrons. The number of para-hydroxylation sites is 1. The summed E-state index contributed by atoms with van der Waals surface area (Å²) < 4.78 is 0. The first-order chi connectivity index (χ1) is 8.22. The summed E-state index contributed by atoms with van der Waals surface area (Å²) in [6, 6.07) is 9.65. The first kappa shape index (κ1) is 11.9. The summed E-state index contributed by atoms with van der Waals surface area (Å²) in [6.07, 6.45) is 4.04. The maximum absolute atomic E-state index is 12.1. The van der Waals surface area contributed by atoms with Crippen LogP contribution in [0.2, 0.25) is 0 Å². The van der Waals surface area contributed by atoms with Crippen molar-refractivity contribution in [2.45, 2.75) is 19.8 Å². The number of allylic oxidation sites excluding steroid dienone is 1. The molecule has 3 atom stereocenters. The minimum atomic E-state index is 0.123. The van der Waals surface area contributed by atoms with Crippen LogP contribution in [0, 0.1) is 17.8 Å². The van der Waals surface area contributed by atoms with Crippen LogP contribution in [0.15, 0.2) is 43.0 Å². The van der Waals surface area contributed by atoms with Gasteiger partial charge in [-0.05, 0) is 36.8 Å². The van der Waals surface area contributed by atoms with Crippen LogP contribution in [-0.4, -0.2) is 5.91 Å². The Balaban J connectivity index is 2.00. The standard InChI is InChI=1S/C15H19NO/c1-3-12-9-10-14(11(12)2)15(17)16-13-7-5-4-6-8-13/h3-8,11-12,14H,1,9-10H2,2H3,(H,16,17). The fourth-order valence-electron chi connectivity index (χ4n) is 2.65. The summed E-state index contributed by atoms with van der Waals surface area (Å²) >= 11 is 0. The molecule has 0 aliphatic heterocycles. The van der Waals surface area contributed by atoms with Gasteiger partial charge in [0.05, 0.1) is 0 Å². The van der Waals surface area contributed by atoms with E-state index in [1.54, 1.807) is 0 Å². The SMILES string of the molecule is C=CC1CCC(C(=O)Nc2ccccc2)C1C. The molecule has 2 heteroatoms. The highest BCUT2D eigenvalue weighted by atomic mass is 16.1.